The maximum Gasteiger partial charge on any atom is 0.317 e. The predicted molar refractivity (Wildman–Crippen MR) is 109 cm³/mol. The highest BCUT2D eigenvalue weighted by atomic mass is 16.5. The monoisotopic (exact) mass is 373 g/mol. The van der Waals surface area contributed by atoms with Gasteiger partial charge < -0.3 is 19.9 Å². The number of carbonyl (C=O) groups excluding carboxylic acids is 1. The first-order chi connectivity index (χ1) is 13.0. The largest absolute Gasteiger partial charge is 0.376 e. The average molecular weight is 374 g/mol. The summed E-state index contributed by atoms with van der Waals surface area (Å²) < 4.78 is 5.81. The lowest BCUT2D eigenvalue weighted by atomic mass is 9.96. The van der Waals surface area contributed by atoms with Crippen molar-refractivity contribution in [2.75, 3.05) is 33.8 Å². The third-order valence-corrected chi connectivity index (χ3v) is 6.41. The Labute approximate surface area is 164 Å². The molecule has 1 N–H and O–H groups in total. The molecule has 2 aliphatic rings. The molecule has 1 atom stereocenters. The van der Waals surface area contributed by atoms with Gasteiger partial charge in [0.05, 0.1) is 6.10 Å². The molecule has 1 aromatic rings. The Kier molecular flexibility index (Phi) is 6.77. The standard InChI is InChI=1S/C22H35N3O2/c1-18-9-4-5-10-19(18)15-25(16-20-11-8-14-27-20)21(26)23-17-22(24(2)3)12-6-7-13-22/h4-5,9-10,20H,6-8,11-17H2,1-3H3,(H,23,26)/t20-/m0/s1. The lowest BCUT2D eigenvalue weighted by molar-refractivity contribution is 0.0777. The highest BCUT2D eigenvalue weighted by molar-refractivity contribution is 5.74. The quantitative estimate of drug-likeness (QED) is 0.795. The van der Waals surface area contributed by atoms with Gasteiger partial charge in [-0.2, -0.15) is 0 Å². The Bertz CT molecular complexity index is 620. The van der Waals surface area contributed by atoms with Gasteiger partial charge in [0.15, 0.2) is 0 Å². The topological polar surface area (TPSA) is 44.8 Å². The van der Waals surface area contributed by atoms with Gasteiger partial charge in [0.2, 0.25) is 0 Å². The van der Waals surface area contributed by atoms with Gasteiger partial charge in [0.25, 0.3) is 0 Å². The van der Waals surface area contributed by atoms with Crippen LogP contribution >= 0.6 is 0 Å². The van der Waals surface area contributed by atoms with Gasteiger partial charge in [-0.3, -0.25) is 0 Å². The predicted octanol–water partition coefficient (Wildman–Crippen LogP) is 3.56. The molecule has 1 saturated heterocycles. The first-order valence-electron chi connectivity index (χ1n) is 10.4. The molecule has 2 amide bonds. The Morgan fingerprint density at radius 3 is 2.59 bits per heavy atom. The average Bonchev–Trinajstić information content (AvgIpc) is 3.33. The maximum atomic E-state index is 13.1. The number of nitrogens with zero attached hydrogens (tertiary/aromatic N) is 2. The van der Waals surface area contributed by atoms with E-state index in [1.807, 2.05) is 17.0 Å². The molecule has 1 heterocycles. The van der Waals surface area contributed by atoms with E-state index in [0.29, 0.717) is 19.6 Å². The van der Waals surface area contributed by atoms with E-state index in [1.54, 1.807) is 0 Å². The molecular formula is C22H35N3O2. The molecule has 1 saturated carbocycles. The number of urea groups is 1. The van der Waals surface area contributed by atoms with Crippen molar-refractivity contribution < 1.29 is 9.53 Å². The van der Waals surface area contributed by atoms with E-state index in [-0.39, 0.29) is 17.7 Å². The summed E-state index contributed by atoms with van der Waals surface area (Å²) in [5, 5.41) is 3.25. The second kappa shape index (κ2) is 9.07. The van der Waals surface area contributed by atoms with E-state index in [1.165, 1.54) is 24.0 Å². The molecule has 0 aromatic heterocycles. The van der Waals surface area contributed by atoms with Crippen molar-refractivity contribution >= 4 is 6.03 Å². The molecule has 0 spiro atoms. The maximum absolute atomic E-state index is 13.1. The lowest BCUT2D eigenvalue weighted by Gasteiger charge is -2.37. The number of aryl methyl sites for hydroxylation is 1. The summed E-state index contributed by atoms with van der Waals surface area (Å²) in [6.45, 7) is 4.93. The molecule has 5 heteroatoms. The summed E-state index contributed by atoms with van der Waals surface area (Å²) in [4.78, 5) is 17.3. The first-order valence-corrected chi connectivity index (χ1v) is 10.4. The summed E-state index contributed by atoms with van der Waals surface area (Å²) in [5.41, 5.74) is 2.53. The van der Waals surface area contributed by atoms with E-state index < -0.39 is 0 Å². The SMILES string of the molecule is Cc1ccccc1CN(C[C@@H]1CCCO1)C(=O)NCC1(N(C)C)CCCC1. The minimum absolute atomic E-state index is 0.0295. The molecule has 1 aliphatic heterocycles. The van der Waals surface area contributed by atoms with Crippen LogP contribution in [0.4, 0.5) is 4.79 Å². The summed E-state index contributed by atoms with van der Waals surface area (Å²) in [6, 6.07) is 8.34. The zero-order chi connectivity index (χ0) is 19.3. The van der Waals surface area contributed by atoms with E-state index in [0.717, 1.165) is 32.3 Å². The highest BCUT2D eigenvalue weighted by Gasteiger charge is 2.36. The Hall–Kier alpha value is -1.59. The van der Waals surface area contributed by atoms with Crippen LogP contribution in [0.3, 0.4) is 0 Å². The van der Waals surface area contributed by atoms with Gasteiger partial charge >= 0.3 is 6.03 Å². The van der Waals surface area contributed by atoms with Crippen molar-refractivity contribution in [2.45, 2.75) is 63.6 Å². The van der Waals surface area contributed by atoms with Crippen molar-refractivity contribution in [3.8, 4) is 0 Å². The highest BCUT2D eigenvalue weighted by Crippen LogP contribution is 2.33. The summed E-state index contributed by atoms with van der Waals surface area (Å²) in [5.74, 6) is 0. The number of rotatable bonds is 7. The molecule has 0 radical (unpaired) electrons. The number of hydrogen-bond acceptors (Lipinski definition) is 3. The number of benzene rings is 1. The normalized spacial score (nSPS) is 21.6. The van der Waals surface area contributed by atoms with Gasteiger partial charge in [-0.15, -0.1) is 0 Å². The third kappa shape index (κ3) is 5.02. The minimum atomic E-state index is 0.0295. The zero-order valence-electron chi connectivity index (χ0n) is 17.2. The lowest BCUT2D eigenvalue weighted by Crippen LogP contribution is -2.53. The molecule has 150 valence electrons. The Morgan fingerprint density at radius 2 is 1.96 bits per heavy atom. The van der Waals surface area contributed by atoms with Crippen molar-refractivity contribution in [1.29, 1.82) is 0 Å². The molecule has 3 rings (SSSR count). The van der Waals surface area contributed by atoms with Crippen LogP contribution in [0.2, 0.25) is 0 Å². The summed E-state index contributed by atoms with van der Waals surface area (Å²) >= 11 is 0. The molecule has 0 bridgehead atoms. The molecule has 2 fully saturated rings. The van der Waals surface area contributed by atoms with Crippen molar-refractivity contribution in [3.05, 3.63) is 35.4 Å². The van der Waals surface area contributed by atoms with Crippen LogP contribution in [-0.2, 0) is 11.3 Å². The fourth-order valence-electron chi connectivity index (χ4n) is 4.41. The molecule has 0 unspecified atom stereocenters. The second-order valence-corrected chi connectivity index (χ2v) is 8.43. The van der Waals surface area contributed by atoms with Crippen molar-refractivity contribution in [2.24, 2.45) is 0 Å². The number of nitrogens with one attached hydrogen (secondary N) is 1. The number of amides is 2. The van der Waals surface area contributed by atoms with E-state index in [4.69, 9.17) is 4.74 Å². The fraction of sp³-hybridized carbons (Fsp3) is 0.682. The minimum Gasteiger partial charge on any atom is -0.376 e. The third-order valence-electron chi connectivity index (χ3n) is 6.41. The molecule has 1 aromatic carbocycles. The van der Waals surface area contributed by atoms with Crippen molar-refractivity contribution in [1.82, 2.24) is 15.1 Å². The number of ether oxygens (including phenoxy) is 1. The van der Waals surface area contributed by atoms with Crippen LogP contribution in [0.15, 0.2) is 24.3 Å². The summed E-state index contributed by atoms with van der Waals surface area (Å²) in [7, 11) is 4.27. The molecule has 5 nitrogen and oxygen atoms in total. The van der Waals surface area contributed by atoms with Gasteiger partial charge in [-0.1, -0.05) is 37.1 Å². The number of likely N-dealkylation sites (N-methyl/N-ethyl adjacent to an activating group) is 1. The first kappa shape index (κ1) is 20.2. The Morgan fingerprint density at radius 1 is 1.22 bits per heavy atom. The number of carbonyl (C=O) groups is 1. The Balaban J connectivity index is 1.67. The van der Waals surface area contributed by atoms with E-state index in [2.05, 4.69) is 43.4 Å². The van der Waals surface area contributed by atoms with E-state index >= 15 is 0 Å². The smallest absolute Gasteiger partial charge is 0.317 e. The van der Waals surface area contributed by atoms with E-state index in [9.17, 15) is 4.79 Å². The van der Waals surface area contributed by atoms with Gasteiger partial charge in [-0.25, -0.2) is 4.79 Å². The van der Waals surface area contributed by atoms with Gasteiger partial charge in [0, 0.05) is 31.8 Å². The molecule has 27 heavy (non-hydrogen) atoms. The van der Waals surface area contributed by atoms with Crippen LogP contribution in [0.1, 0.15) is 49.7 Å². The second-order valence-electron chi connectivity index (χ2n) is 8.43. The van der Waals surface area contributed by atoms with Crippen LogP contribution in [0.5, 0.6) is 0 Å². The van der Waals surface area contributed by atoms with Crippen LogP contribution in [-0.4, -0.2) is 61.3 Å². The van der Waals surface area contributed by atoms with Crippen LogP contribution in [0.25, 0.3) is 0 Å². The molecule has 1 aliphatic carbocycles. The van der Waals surface area contributed by atoms with Crippen LogP contribution < -0.4 is 5.32 Å². The number of hydrogen-bond donors (Lipinski definition) is 1. The van der Waals surface area contributed by atoms with Crippen LogP contribution in [0, 0.1) is 6.92 Å². The fourth-order valence-corrected chi connectivity index (χ4v) is 4.41. The van der Waals surface area contributed by atoms with Gasteiger partial charge in [-0.05, 0) is 57.8 Å². The zero-order valence-corrected chi connectivity index (χ0v) is 17.2. The van der Waals surface area contributed by atoms with Gasteiger partial charge in [0.1, 0.15) is 0 Å². The van der Waals surface area contributed by atoms with Crippen molar-refractivity contribution in [3.63, 3.8) is 0 Å². The molecular weight excluding hydrogens is 338 g/mol. The summed E-state index contributed by atoms with van der Waals surface area (Å²) in [6.07, 6.45) is 7.10.